The maximum atomic E-state index is 11.8. The van der Waals surface area contributed by atoms with E-state index in [1.54, 1.807) is 14.0 Å². The molecule has 16 heavy (non-hydrogen) atoms. The fraction of sp³-hybridized carbons (Fsp3) is 0.600. The molecule has 2 N–H and O–H groups in total. The Labute approximate surface area is 93.3 Å². The maximum absolute atomic E-state index is 11.8. The Bertz CT molecular complexity index is 408. The molecule has 1 fully saturated rings. The van der Waals surface area contributed by atoms with Gasteiger partial charge in [-0.05, 0) is 6.92 Å². The molecule has 6 nitrogen and oxygen atoms in total. The van der Waals surface area contributed by atoms with E-state index in [0.29, 0.717) is 30.3 Å². The summed E-state index contributed by atoms with van der Waals surface area (Å²) in [5.74, 6) is -0.434. The third-order valence-corrected chi connectivity index (χ3v) is 2.62. The second-order valence-electron chi connectivity index (χ2n) is 3.86. The Balaban J connectivity index is 2.13. The van der Waals surface area contributed by atoms with E-state index in [2.05, 4.69) is 5.10 Å². The van der Waals surface area contributed by atoms with E-state index in [1.165, 1.54) is 4.68 Å². The van der Waals surface area contributed by atoms with Crippen LogP contribution in [0.15, 0.2) is 0 Å². The normalized spacial score (nSPS) is 20.0. The summed E-state index contributed by atoms with van der Waals surface area (Å²) in [6, 6.07) is 0. The lowest BCUT2D eigenvalue weighted by Crippen LogP contribution is -2.21. The number of nitrogen functional groups attached to an aromatic ring is 1. The predicted molar refractivity (Wildman–Crippen MR) is 57.0 cm³/mol. The highest BCUT2D eigenvalue weighted by molar-refractivity contribution is 5.93. The van der Waals surface area contributed by atoms with Gasteiger partial charge >= 0.3 is 5.97 Å². The minimum absolute atomic E-state index is 0.165. The summed E-state index contributed by atoms with van der Waals surface area (Å²) in [6.07, 6.45) is 0.574. The molecule has 1 saturated heterocycles. The van der Waals surface area contributed by atoms with Crippen LogP contribution in [0.2, 0.25) is 0 Å². The molecule has 2 heterocycles. The fourth-order valence-electron chi connectivity index (χ4n) is 1.73. The second-order valence-corrected chi connectivity index (χ2v) is 3.86. The number of aryl methyl sites for hydroxylation is 2. The number of nitrogens with zero attached hydrogens (tertiary/aromatic N) is 2. The van der Waals surface area contributed by atoms with Crippen LogP contribution in [0.5, 0.6) is 0 Å². The standard InChI is InChI=1S/C10H15N3O3/c1-6-8(11)9(13(2)12-6)10(14)16-7-3-4-15-5-7/h7H,3-5,11H2,1-2H3. The number of esters is 1. The largest absolute Gasteiger partial charge is 0.455 e. The number of rotatable bonds is 2. The molecule has 1 unspecified atom stereocenters. The smallest absolute Gasteiger partial charge is 0.359 e. The van der Waals surface area contributed by atoms with Crippen LogP contribution in [-0.4, -0.2) is 35.1 Å². The van der Waals surface area contributed by atoms with Gasteiger partial charge < -0.3 is 15.2 Å². The van der Waals surface area contributed by atoms with Crippen molar-refractivity contribution in [2.24, 2.45) is 7.05 Å². The average molecular weight is 225 g/mol. The monoisotopic (exact) mass is 225 g/mol. The fourth-order valence-corrected chi connectivity index (χ4v) is 1.73. The van der Waals surface area contributed by atoms with E-state index in [4.69, 9.17) is 15.2 Å². The van der Waals surface area contributed by atoms with Crippen LogP contribution in [0.25, 0.3) is 0 Å². The molecule has 1 aliphatic rings. The molecule has 2 rings (SSSR count). The van der Waals surface area contributed by atoms with Crippen LogP contribution in [0, 0.1) is 6.92 Å². The molecule has 1 aromatic heterocycles. The molecule has 0 saturated carbocycles. The number of ether oxygens (including phenoxy) is 2. The van der Waals surface area contributed by atoms with Crippen LogP contribution in [-0.2, 0) is 16.5 Å². The van der Waals surface area contributed by atoms with Gasteiger partial charge in [0.25, 0.3) is 0 Å². The van der Waals surface area contributed by atoms with Crippen molar-refractivity contribution in [1.29, 1.82) is 0 Å². The molecule has 1 aromatic rings. The number of anilines is 1. The summed E-state index contributed by atoms with van der Waals surface area (Å²) < 4.78 is 11.8. The molecule has 6 heteroatoms. The highest BCUT2D eigenvalue weighted by Crippen LogP contribution is 2.18. The summed E-state index contributed by atoms with van der Waals surface area (Å²) in [7, 11) is 1.67. The quantitative estimate of drug-likeness (QED) is 0.730. The van der Waals surface area contributed by atoms with Crippen LogP contribution in [0.3, 0.4) is 0 Å². The van der Waals surface area contributed by atoms with Gasteiger partial charge in [-0.25, -0.2) is 4.79 Å². The Morgan fingerprint density at radius 3 is 2.94 bits per heavy atom. The van der Waals surface area contributed by atoms with E-state index >= 15 is 0 Å². The lowest BCUT2D eigenvalue weighted by Gasteiger charge is -2.10. The molecule has 0 aromatic carbocycles. The summed E-state index contributed by atoms with van der Waals surface area (Å²) in [5, 5.41) is 4.07. The summed E-state index contributed by atoms with van der Waals surface area (Å²) in [6.45, 7) is 2.85. The number of nitrogens with two attached hydrogens (primary N) is 1. The lowest BCUT2D eigenvalue weighted by molar-refractivity contribution is 0.0260. The van der Waals surface area contributed by atoms with E-state index in [9.17, 15) is 4.79 Å². The Hall–Kier alpha value is -1.56. The van der Waals surface area contributed by atoms with Gasteiger partial charge in [0, 0.05) is 13.5 Å². The van der Waals surface area contributed by atoms with Crippen LogP contribution >= 0.6 is 0 Å². The number of aromatic nitrogens is 2. The van der Waals surface area contributed by atoms with Crippen LogP contribution in [0.4, 0.5) is 5.69 Å². The van der Waals surface area contributed by atoms with E-state index in [-0.39, 0.29) is 6.10 Å². The summed E-state index contributed by atoms with van der Waals surface area (Å²) >= 11 is 0. The Kier molecular flexibility index (Phi) is 2.82. The number of hydrogen-bond donors (Lipinski definition) is 1. The van der Waals surface area contributed by atoms with Crippen molar-refractivity contribution in [3.8, 4) is 0 Å². The van der Waals surface area contributed by atoms with Gasteiger partial charge in [-0.2, -0.15) is 5.10 Å². The highest BCUT2D eigenvalue weighted by Gasteiger charge is 2.25. The van der Waals surface area contributed by atoms with Gasteiger partial charge in [-0.15, -0.1) is 0 Å². The van der Waals surface area contributed by atoms with E-state index < -0.39 is 5.97 Å². The molecule has 1 atom stereocenters. The molecular weight excluding hydrogens is 210 g/mol. The minimum Gasteiger partial charge on any atom is -0.455 e. The lowest BCUT2D eigenvalue weighted by atomic mass is 10.3. The molecule has 0 spiro atoms. The maximum Gasteiger partial charge on any atom is 0.359 e. The van der Waals surface area contributed by atoms with Crippen molar-refractivity contribution in [3.05, 3.63) is 11.4 Å². The Morgan fingerprint density at radius 2 is 2.44 bits per heavy atom. The molecule has 0 bridgehead atoms. The first-order valence-electron chi connectivity index (χ1n) is 5.17. The Morgan fingerprint density at radius 1 is 1.69 bits per heavy atom. The topological polar surface area (TPSA) is 79.4 Å². The molecular formula is C10H15N3O3. The zero-order valence-corrected chi connectivity index (χ0v) is 9.40. The van der Waals surface area contributed by atoms with Crippen molar-refractivity contribution in [2.45, 2.75) is 19.4 Å². The predicted octanol–water partition coefficient (Wildman–Crippen LogP) is 0.256. The average Bonchev–Trinajstić information content (AvgIpc) is 2.77. The van der Waals surface area contributed by atoms with Crippen molar-refractivity contribution < 1.29 is 14.3 Å². The van der Waals surface area contributed by atoms with Crippen molar-refractivity contribution in [2.75, 3.05) is 18.9 Å². The number of carbonyl (C=O) groups excluding carboxylic acids is 1. The molecule has 0 amide bonds. The SMILES string of the molecule is Cc1nn(C)c(C(=O)OC2CCOC2)c1N. The van der Waals surface area contributed by atoms with E-state index in [1.807, 2.05) is 0 Å². The first-order valence-corrected chi connectivity index (χ1v) is 5.17. The van der Waals surface area contributed by atoms with Crippen LogP contribution < -0.4 is 5.73 Å². The van der Waals surface area contributed by atoms with Crippen LogP contribution in [0.1, 0.15) is 22.6 Å². The third kappa shape index (κ3) is 1.88. The van der Waals surface area contributed by atoms with Crippen molar-refractivity contribution in [1.82, 2.24) is 9.78 Å². The first-order chi connectivity index (χ1) is 7.59. The van der Waals surface area contributed by atoms with Crippen molar-refractivity contribution >= 4 is 11.7 Å². The minimum atomic E-state index is -0.434. The van der Waals surface area contributed by atoms with Gasteiger partial charge in [0.05, 0.1) is 24.6 Å². The van der Waals surface area contributed by atoms with Crippen molar-refractivity contribution in [3.63, 3.8) is 0 Å². The number of carbonyl (C=O) groups is 1. The zero-order chi connectivity index (χ0) is 11.7. The zero-order valence-electron chi connectivity index (χ0n) is 9.40. The molecule has 88 valence electrons. The van der Waals surface area contributed by atoms with Gasteiger partial charge in [0.2, 0.25) is 0 Å². The molecule has 1 aliphatic heterocycles. The highest BCUT2D eigenvalue weighted by atomic mass is 16.6. The molecule has 0 radical (unpaired) electrons. The molecule has 0 aliphatic carbocycles. The first kappa shape index (κ1) is 10.9. The third-order valence-electron chi connectivity index (χ3n) is 2.62. The van der Waals surface area contributed by atoms with Gasteiger partial charge in [0.15, 0.2) is 5.69 Å². The van der Waals surface area contributed by atoms with Gasteiger partial charge in [0.1, 0.15) is 6.10 Å². The second kappa shape index (κ2) is 4.13. The van der Waals surface area contributed by atoms with E-state index in [0.717, 1.165) is 6.42 Å². The summed E-state index contributed by atoms with van der Waals surface area (Å²) in [5.41, 5.74) is 7.09. The van der Waals surface area contributed by atoms with Gasteiger partial charge in [-0.3, -0.25) is 4.68 Å². The van der Waals surface area contributed by atoms with Gasteiger partial charge in [-0.1, -0.05) is 0 Å². The number of hydrogen-bond acceptors (Lipinski definition) is 5. The summed E-state index contributed by atoms with van der Waals surface area (Å²) in [4.78, 5) is 11.8.